The Balaban J connectivity index is 3.26. The summed E-state index contributed by atoms with van der Waals surface area (Å²) in [4.78, 5) is 13.9. The zero-order chi connectivity index (χ0) is 12.3. The molecule has 1 aromatic rings. The zero-order valence-corrected chi connectivity index (χ0v) is 8.08. The highest BCUT2D eigenvalue weighted by atomic mass is 19.3. The van der Waals surface area contributed by atoms with E-state index in [2.05, 4.69) is 4.98 Å². The fraction of sp³-hybridized carbons (Fsp3) is 0.333. The van der Waals surface area contributed by atoms with Crippen LogP contribution in [-0.4, -0.2) is 16.1 Å². The van der Waals surface area contributed by atoms with Crippen molar-refractivity contribution in [1.82, 2.24) is 4.98 Å². The van der Waals surface area contributed by atoms with Crippen LogP contribution in [0, 0.1) is 5.82 Å². The molecule has 0 aliphatic heterocycles. The Bertz CT molecular complexity index is 410. The van der Waals surface area contributed by atoms with Crippen LogP contribution in [0.3, 0.4) is 0 Å². The maximum absolute atomic E-state index is 13.5. The Labute approximate surface area is 88.9 Å². The maximum Gasteiger partial charge on any atom is 0.307 e. The van der Waals surface area contributed by atoms with Gasteiger partial charge in [-0.05, 0) is 0 Å². The monoisotopic (exact) mass is 234 g/mol. The van der Waals surface area contributed by atoms with E-state index in [-0.39, 0.29) is 17.8 Å². The predicted octanol–water partition coefficient (Wildman–Crippen LogP) is 1.24. The van der Waals surface area contributed by atoms with Crippen LogP contribution < -0.4 is 5.73 Å². The van der Waals surface area contributed by atoms with Crippen LogP contribution in [0.5, 0.6) is 0 Å². The molecule has 1 aromatic heterocycles. The van der Waals surface area contributed by atoms with Crippen LogP contribution in [0.2, 0.25) is 0 Å². The molecule has 16 heavy (non-hydrogen) atoms. The molecule has 0 aliphatic rings. The number of nitrogens with zero attached hydrogens (tertiary/aromatic N) is 1. The Kier molecular flexibility index (Phi) is 3.83. The van der Waals surface area contributed by atoms with E-state index < -0.39 is 30.2 Å². The van der Waals surface area contributed by atoms with Gasteiger partial charge in [-0.2, -0.15) is 0 Å². The van der Waals surface area contributed by atoms with Gasteiger partial charge < -0.3 is 10.8 Å². The highest BCUT2D eigenvalue weighted by Crippen LogP contribution is 2.26. The first-order valence-corrected chi connectivity index (χ1v) is 4.33. The molecule has 4 nitrogen and oxygen atoms in total. The van der Waals surface area contributed by atoms with Gasteiger partial charge in [-0.25, -0.2) is 13.2 Å². The number of hydrogen-bond acceptors (Lipinski definition) is 3. The highest BCUT2D eigenvalue weighted by molar-refractivity contribution is 5.70. The molecule has 1 heterocycles. The summed E-state index contributed by atoms with van der Waals surface area (Å²) in [6.07, 6.45) is -2.85. The van der Waals surface area contributed by atoms with Gasteiger partial charge in [0.1, 0.15) is 5.82 Å². The first-order valence-electron chi connectivity index (χ1n) is 4.33. The van der Waals surface area contributed by atoms with Crippen molar-refractivity contribution in [2.45, 2.75) is 19.4 Å². The van der Waals surface area contributed by atoms with Gasteiger partial charge >= 0.3 is 5.97 Å². The minimum atomic E-state index is -3.07. The Hall–Kier alpha value is -1.63. The molecule has 0 aromatic carbocycles. The minimum absolute atomic E-state index is 0.262. The lowest BCUT2D eigenvalue weighted by molar-refractivity contribution is -0.136. The quantitative estimate of drug-likeness (QED) is 0.821. The van der Waals surface area contributed by atoms with Crippen LogP contribution in [0.4, 0.5) is 13.2 Å². The molecule has 88 valence electrons. The van der Waals surface area contributed by atoms with Gasteiger partial charge in [0.2, 0.25) is 0 Å². The van der Waals surface area contributed by atoms with Crippen LogP contribution in [-0.2, 0) is 17.8 Å². The van der Waals surface area contributed by atoms with Crippen LogP contribution in [0.1, 0.15) is 23.2 Å². The minimum Gasteiger partial charge on any atom is -0.481 e. The summed E-state index contributed by atoms with van der Waals surface area (Å²) in [5, 5.41) is 8.44. The standard InChI is InChI=1S/C9H9F3N2O2/c10-8-4(1-6(15)16)3-14-5(2-13)7(8)9(11)12/h3,9H,1-2,13H2,(H,15,16). The second-order valence-corrected chi connectivity index (χ2v) is 3.03. The number of alkyl halides is 2. The number of hydrogen-bond donors (Lipinski definition) is 2. The fourth-order valence-electron chi connectivity index (χ4n) is 1.25. The molecule has 0 saturated heterocycles. The molecule has 0 saturated carbocycles. The number of carboxylic acids is 1. The number of halogens is 3. The molecule has 0 aliphatic carbocycles. The van der Waals surface area contributed by atoms with E-state index in [4.69, 9.17) is 10.8 Å². The summed E-state index contributed by atoms with van der Waals surface area (Å²) in [7, 11) is 0. The molecule has 0 amide bonds. The van der Waals surface area contributed by atoms with E-state index in [1.807, 2.05) is 0 Å². The number of aliphatic carboxylic acids is 1. The number of aromatic nitrogens is 1. The van der Waals surface area contributed by atoms with E-state index in [1.54, 1.807) is 0 Å². The van der Waals surface area contributed by atoms with Crippen molar-refractivity contribution < 1.29 is 23.1 Å². The summed E-state index contributed by atoms with van der Waals surface area (Å²) in [6, 6.07) is 0. The normalized spacial score (nSPS) is 10.8. The summed E-state index contributed by atoms with van der Waals surface area (Å²) < 4.78 is 38.5. The smallest absolute Gasteiger partial charge is 0.307 e. The molecule has 0 fully saturated rings. The molecule has 0 atom stereocenters. The summed E-state index contributed by atoms with van der Waals surface area (Å²) in [5.41, 5.74) is 3.58. The van der Waals surface area contributed by atoms with Gasteiger partial charge in [0.05, 0.1) is 17.7 Å². The Morgan fingerprint density at radius 3 is 2.62 bits per heavy atom. The van der Waals surface area contributed by atoms with Gasteiger partial charge in [0.25, 0.3) is 6.43 Å². The number of rotatable bonds is 4. The van der Waals surface area contributed by atoms with Crippen molar-refractivity contribution in [3.63, 3.8) is 0 Å². The molecule has 1 rings (SSSR count). The van der Waals surface area contributed by atoms with E-state index in [0.717, 1.165) is 6.20 Å². The lowest BCUT2D eigenvalue weighted by Gasteiger charge is -2.10. The van der Waals surface area contributed by atoms with E-state index in [0.29, 0.717) is 0 Å². The van der Waals surface area contributed by atoms with Crippen LogP contribution in [0.15, 0.2) is 6.20 Å². The third-order valence-corrected chi connectivity index (χ3v) is 1.96. The topological polar surface area (TPSA) is 76.2 Å². The third kappa shape index (κ3) is 2.48. The highest BCUT2D eigenvalue weighted by Gasteiger charge is 2.22. The second kappa shape index (κ2) is 4.93. The van der Waals surface area contributed by atoms with Gasteiger partial charge in [0, 0.05) is 18.3 Å². The molecule has 0 bridgehead atoms. The lowest BCUT2D eigenvalue weighted by atomic mass is 10.1. The van der Waals surface area contributed by atoms with Crippen molar-refractivity contribution in [3.05, 3.63) is 28.8 Å². The first-order chi connectivity index (χ1) is 7.47. The molecule has 0 spiro atoms. The molecular formula is C9H9F3N2O2. The maximum atomic E-state index is 13.5. The van der Waals surface area contributed by atoms with Crippen molar-refractivity contribution in [3.8, 4) is 0 Å². The van der Waals surface area contributed by atoms with E-state index >= 15 is 0 Å². The van der Waals surface area contributed by atoms with Gasteiger partial charge in [-0.3, -0.25) is 9.78 Å². The van der Waals surface area contributed by atoms with Gasteiger partial charge in [-0.1, -0.05) is 0 Å². The first kappa shape index (κ1) is 12.4. The second-order valence-electron chi connectivity index (χ2n) is 3.03. The van der Waals surface area contributed by atoms with Gasteiger partial charge in [0.15, 0.2) is 0 Å². The van der Waals surface area contributed by atoms with Crippen molar-refractivity contribution in [2.24, 2.45) is 5.73 Å². The number of carboxylic acid groups (broad SMARTS) is 1. The lowest BCUT2D eigenvalue weighted by Crippen LogP contribution is -2.12. The number of carbonyl (C=O) groups is 1. The SMILES string of the molecule is NCc1ncc(CC(=O)O)c(F)c1C(F)F. The predicted molar refractivity (Wildman–Crippen MR) is 48.4 cm³/mol. The van der Waals surface area contributed by atoms with Crippen LogP contribution >= 0.6 is 0 Å². The average molecular weight is 234 g/mol. The molecule has 3 N–H and O–H groups in total. The largest absolute Gasteiger partial charge is 0.481 e. The molecule has 7 heteroatoms. The fourth-order valence-corrected chi connectivity index (χ4v) is 1.25. The van der Waals surface area contributed by atoms with E-state index in [1.165, 1.54) is 0 Å². The average Bonchev–Trinajstić information content (AvgIpc) is 2.19. The molecule has 0 radical (unpaired) electrons. The number of nitrogens with two attached hydrogens (primary N) is 1. The van der Waals surface area contributed by atoms with E-state index in [9.17, 15) is 18.0 Å². The van der Waals surface area contributed by atoms with Crippen molar-refractivity contribution >= 4 is 5.97 Å². The summed E-state index contributed by atoms with van der Waals surface area (Å²) in [5.74, 6) is -2.56. The molecule has 0 unspecified atom stereocenters. The molecular weight excluding hydrogens is 225 g/mol. The Morgan fingerprint density at radius 2 is 2.19 bits per heavy atom. The number of pyridine rings is 1. The third-order valence-electron chi connectivity index (χ3n) is 1.96. The van der Waals surface area contributed by atoms with Crippen molar-refractivity contribution in [1.29, 1.82) is 0 Å². The summed E-state index contributed by atoms with van der Waals surface area (Å²) >= 11 is 0. The summed E-state index contributed by atoms with van der Waals surface area (Å²) in [6.45, 7) is -0.329. The zero-order valence-electron chi connectivity index (χ0n) is 8.08. The van der Waals surface area contributed by atoms with Crippen LogP contribution in [0.25, 0.3) is 0 Å². The van der Waals surface area contributed by atoms with Crippen molar-refractivity contribution in [2.75, 3.05) is 0 Å². The Morgan fingerprint density at radius 1 is 1.56 bits per heavy atom. The van der Waals surface area contributed by atoms with Gasteiger partial charge in [-0.15, -0.1) is 0 Å².